The quantitative estimate of drug-likeness (QED) is 0.732. The number of nitrogens with one attached hydrogen (secondary N) is 1. The third-order valence-electron chi connectivity index (χ3n) is 3.50. The average molecular weight is 430 g/mol. The van der Waals surface area contributed by atoms with Crippen molar-refractivity contribution in [2.75, 3.05) is 19.5 Å². The molecule has 0 saturated heterocycles. The highest BCUT2D eigenvalue weighted by Crippen LogP contribution is 2.34. The van der Waals surface area contributed by atoms with E-state index in [0.717, 1.165) is 21.5 Å². The molecule has 0 aliphatic rings. The Balaban J connectivity index is 2.31. The minimum Gasteiger partial charge on any atom is -0.465 e. The smallest absolute Gasteiger partial charge is 0.348 e. The summed E-state index contributed by atoms with van der Waals surface area (Å²) >= 11 is 4.29. The van der Waals surface area contributed by atoms with Gasteiger partial charge in [0.15, 0.2) is 0 Å². The number of halogens is 1. The van der Waals surface area contributed by atoms with Gasteiger partial charge < -0.3 is 14.8 Å². The van der Waals surface area contributed by atoms with Crippen LogP contribution < -0.4 is 5.32 Å². The second-order valence-corrected chi connectivity index (χ2v) is 6.90. The van der Waals surface area contributed by atoms with E-state index in [1.807, 2.05) is 6.92 Å². The molecule has 25 heavy (non-hydrogen) atoms. The van der Waals surface area contributed by atoms with Crippen molar-refractivity contribution in [2.45, 2.75) is 20.4 Å². The second-order valence-electron chi connectivity index (χ2n) is 5.03. The van der Waals surface area contributed by atoms with Gasteiger partial charge in [-0.2, -0.15) is 5.10 Å². The van der Waals surface area contributed by atoms with E-state index in [1.54, 1.807) is 13.1 Å². The Kier molecular flexibility index (Phi) is 5.96. The van der Waals surface area contributed by atoms with E-state index >= 15 is 0 Å². The molecule has 0 fully saturated rings. The first kappa shape index (κ1) is 19.1. The number of methoxy groups -OCH3 is 2. The first-order valence-corrected chi connectivity index (χ1v) is 8.68. The fraction of sp³-hybridized carbons (Fsp3) is 0.333. The molecule has 0 aromatic carbocycles. The topological polar surface area (TPSA) is 99.5 Å². The molecule has 0 saturated carbocycles. The van der Waals surface area contributed by atoms with Crippen molar-refractivity contribution >= 4 is 50.1 Å². The molecule has 0 atom stereocenters. The maximum absolute atomic E-state index is 12.3. The van der Waals surface area contributed by atoms with E-state index < -0.39 is 11.9 Å². The summed E-state index contributed by atoms with van der Waals surface area (Å²) in [4.78, 5) is 36.4. The molecule has 0 unspecified atom stereocenters. The Bertz CT molecular complexity index is 843. The number of carbonyl (C=O) groups excluding carboxylic acids is 3. The molecule has 0 bridgehead atoms. The van der Waals surface area contributed by atoms with Crippen LogP contribution in [0.3, 0.4) is 0 Å². The number of amides is 1. The Morgan fingerprint density at radius 3 is 2.40 bits per heavy atom. The summed E-state index contributed by atoms with van der Waals surface area (Å²) in [5.74, 6) is -1.61. The first-order chi connectivity index (χ1) is 11.8. The van der Waals surface area contributed by atoms with Crippen LogP contribution in [0.5, 0.6) is 0 Å². The summed E-state index contributed by atoms with van der Waals surface area (Å²) in [7, 11) is 2.48. The van der Waals surface area contributed by atoms with Crippen molar-refractivity contribution in [2.24, 2.45) is 0 Å². The molecular formula is C15H16BrN3O5S. The Morgan fingerprint density at radius 1 is 1.24 bits per heavy atom. The lowest BCUT2D eigenvalue weighted by molar-refractivity contribution is -0.116. The highest BCUT2D eigenvalue weighted by atomic mass is 79.9. The van der Waals surface area contributed by atoms with Crippen LogP contribution in [0, 0.1) is 13.8 Å². The number of esters is 2. The van der Waals surface area contributed by atoms with Gasteiger partial charge in [-0.05, 0) is 35.3 Å². The van der Waals surface area contributed by atoms with Gasteiger partial charge in [-0.1, -0.05) is 0 Å². The maximum atomic E-state index is 12.3. The zero-order valence-electron chi connectivity index (χ0n) is 14.0. The van der Waals surface area contributed by atoms with E-state index in [9.17, 15) is 14.4 Å². The molecule has 1 amide bonds. The zero-order chi connectivity index (χ0) is 18.7. The van der Waals surface area contributed by atoms with Crippen LogP contribution in [0.1, 0.15) is 31.3 Å². The number of aromatic nitrogens is 2. The van der Waals surface area contributed by atoms with Crippen LogP contribution in [0.25, 0.3) is 0 Å². The number of hydrogen-bond acceptors (Lipinski definition) is 7. The third-order valence-corrected chi connectivity index (χ3v) is 5.46. The van der Waals surface area contributed by atoms with Crippen molar-refractivity contribution < 1.29 is 23.9 Å². The van der Waals surface area contributed by atoms with E-state index in [1.165, 1.54) is 18.9 Å². The highest BCUT2D eigenvalue weighted by Gasteiger charge is 2.26. The second kappa shape index (κ2) is 7.79. The number of thiophene rings is 1. The predicted molar refractivity (Wildman–Crippen MR) is 95.0 cm³/mol. The van der Waals surface area contributed by atoms with Crippen molar-refractivity contribution in [3.63, 3.8) is 0 Å². The predicted octanol–water partition coefficient (Wildman–Crippen LogP) is 2.54. The zero-order valence-corrected chi connectivity index (χ0v) is 16.4. The minimum atomic E-state index is -0.641. The standard InChI is InChI=1S/C15H16BrN3O5S/c1-7-11(14(21)23-3)13(25-12(7)15(22)24-4)18-10(20)6-19-8(2)9(16)5-17-19/h5H,6H2,1-4H3,(H,18,20). The molecule has 0 aliphatic heterocycles. The van der Waals surface area contributed by atoms with Crippen molar-refractivity contribution in [1.29, 1.82) is 0 Å². The lowest BCUT2D eigenvalue weighted by Gasteiger charge is -2.07. The van der Waals surface area contributed by atoms with Gasteiger partial charge in [-0.3, -0.25) is 9.48 Å². The monoisotopic (exact) mass is 429 g/mol. The first-order valence-electron chi connectivity index (χ1n) is 7.07. The van der Waals surface area contributed by atoms with Gasteiger partial charge in [-0.25, -0.2) is 9.59 Å². The Hall–Kier alpha value is -2.20. The molecule has 0 spiro atoms. The molecule has 2 heterocycles. The number of rotatable bonds is 5. The number of anilines is 1. The Labute approximate surface area is 156 Å². The summed E-state index contributed by atoms with van der Waals surface area (Å²) in [6.45, 7) is 3.37. The summed E-state index contributed by atoms with van der Waals surface area (Å²) in [5.41, 5.74) is 1.33. The Morgan fingerprint density at radius 2 is 1.88 bits per heavy atom. The summed E-state index contributed by atoms with van der Waals surface area (Å²) in [6.07, 6.45) is 1.59. The van der Waals surface area contributed by atoms with Gasteiger partial charge in [-0.15, -0.1) is 11.3 Å². The molecule has 1 N–H and O–H groups in total. The van der Waals surface area contributed by atoms with Crippen molar-refractivity contribution in [1.82, 2.24) is 9.78 Å². The molecule has 0 radical (unpaired) electrons. The van der Waals surface area contributed by atoms with E-state index in [0.29, 0.717) is 5.56 Å². The van der Waals surface area contributed by atoms with Crippen molar-refractivity contribution in [3.8, 4) is 0 Å². The van der Waals surface area contributed by atoms with E-state index in [-0.39, 0.29) is 27.9 Å². The molecule has 134 valence electrons. The third kappa shape index (κ3) is 3.90. The SMILES string of the molecule is COC(=O)c1sc(NC(=O)Cn2ncc(Br)c2C)c(C(=O)OC)c1C. The molecular weight excluding hydrogens is 414 g/mol. The number of hydrogen-bond donors (Lipinski definition) is 1. The number of ether oxygens (including phenoxy) is 2. The summed E-state index contributed by atoms with van der Waals surface area (Å²) < 4.78 is 11.8. The van der Waals surface area contributed by atoms with Crippen LogP contribution in [-0.4, -0.2) is 41.8 Å². The van der Waals surface area contributed by atoms with Gasteiger partial charge in [0.25, 0.3) is 0 Å². The molecule has 2 aromatic heterocycles. The van der Waals surface area contributed by atoms with Gasteiger partial charge in [0, 0.05) is 0 Å². The molecule has 10 heteroatoms. The minimum absolute atomic E-state index is 0.0391. The highest BCUT2D eigenvalue weighted by molar-refractivity contribution is 9.10. The summed E-state index contributed by atoms with van der Waals surface area (Å²) in [6, 6.07) is 0. The van der Waals surface area contributed by atoms with Crippen LogP contribution in [0.15, 0.2) is 10.7 Å². The van der Waals surface area contributed by atoms with Gasteiger partial charge in [0.2, 0.25) is 5.91 Å². The van der Waals surface area contributed by atoms with Gasteiger partial charge >= 0.3 is 11.9 Å². The fourth-order valence-electron chi connectivity index (χ4n) is 2.12. The lowest BCUT2D eigenvalue weighted by atomic mass is 10.1. The lowest BCUT2D eigenvalue weighted by Crippen LogP contribution is -2.21. The maximum Gasteiger partial charge on any atom is 0.348 e. The van der Waals surface area contributed by atoms with Crippen LogP contribution in [-0.2, 0) is 20.8 Å². The van der Waals surface area contributed by atoms with Crippen molar-refractivity contribution in [3.05, 3.63) is 32.4 Å². The van der Waals surface area contributed by atoms with Crippen LogP contribution in [0.2, 0.25) is 0 Å². The van der Waals surface area contributed by atoms with Gasteiger partial charge in [0.1, 0.15) is 16.4 Å². The average Bonchev–Trinajstić information content (AvgIpc) is 3.07. The van der Waals surface area contributed by atoms with Crippen LogP contribution >= 0.6 is 27.3 Å². The number of nitrogens with zero attached hydrogens (tertiary/aromatic N) is 2. The number of carbonyl (C=O) groups is 3. The largest absolute Gasteiger partial charge is 0.465 e. The van der Waals surface area contributed by atoms with Gasteiger partial charge in [0.05, 0.1) is 36.1 Å². The molecule has 0 aliphatic carbocycles. The molecule has 8 nitrogen and oxygen atoms in total. The molecule has 2 aromatic rings. The van der Waals surface area contributed by atoms with E-state index in [4.69, 9.17) is 9.47 Å². The van der Waals surface area contributed by atoms with Crippen LogP contribution in [0.4, 0.5) is 5.00 Å². The fourth-order valence-corrected chi connectivity index (χ4v) is 3.55. The molecule has 2 rings (SSSR count). The van der Waals surface area contributed by atoms with E-state index in [2.05, 4.69) is 26.3 Å². The summed E-state index contributed by atoms with van der Waals surface area (Å²) in [5, 5.41) is 6.96. The normalized spacial score (nSPS) is 10.4.